The number of allylic oxidation sites excluding steroid dienone is 12. The second kappa shape index (κ2) is 55.3. The molecule has 1 amide bonds. The molecule has 0 aliphatic heterocycles. The van der Waals surface area contributed by atoms with Gasteiger partial charge in [-0.05, 0) is 116 Å². The molecule has 0 unspecified atom stereocenters. The normalized spacial score (nSPS) is 12.3. The fourth-order valence-electron chi connectivity index (χ4n) is 8.42. The van der Waals surface area contributed by atoms with E-state index in [0.717, 1.165) is 127 Å². The Labute approximate surface area is 468 Å². The summed E-state index contributed by atoms with van der Waals surface area (Å²) in [6.07, 6.45) is 64.6. The third-order valence-corrected chi connectivity index (χ3v) is 13.2. The van der Waals surface area contributed by atoms with E-state index in [2.05, 4.69) is 120 Å². The lowest BCUT2D eigenvalue weighted by atomic mass is 10.0. The first-order valence-electron chi connectivity index (χ1n) is 30.4. The molecule has 434 valence electrons. The fourth-order valence-corrected chi connectivity index (χ4v) is 8.42. The van der Waals surface area contributed by atoms with Crippen molar-refractivity contribution in [1.82, 2.24) is 5.32 Å². The number of carbonyl (C=O) groups is 4. The van der Waals surface area contributed by atoms with E-state index in [0.29, 0.717) is 25.7 Å². The molecular weight excluding hydrogens is 956 g/mol. The Hall–Kier alpha value is -3.43. The van der Waals surface area contributed by atoms with Gasteiger partial charge < -0.3 is 36.4 Å². The molecule has 0 spiro atoms. The van der Waals surface area contributed by atoms with Crippen molar-refractivity contribution < 1.29 is 50.3 Å². The van der Waals surface area contributed by atoms with Crippen LogP contribution < -0.4 is 17.7 Å². The van der Waals surface area contributed by atoms with Crippen molar-refractivity contribution in [3.05, 3.63) is 72.9 Å². The Morgan fingerprint density at radius 1 is 0.360 bits per heavy atom. The molecule has 0 aromatic carbocycles. The van der Waals surface area contributed by atoms with E-state index >= 15 is 0 Å². The summed E-state index contributed by atoms with van der Waals surface area (Å²) in [6.45, 7) is 6.71. The van der Waals surface area contributed by atoms with Gasteiger partial charge in [-0.15, -0.1) is 0 Å². The van der Waals surface area contributed by atoms with Crippen LogP contribution in [0.15, 0.2) is 72.9 Å². The lowest BCUT2D eigenvalue weighted by Gasteiger charge is -2.33. The molecule has 1 N–H and O–H groups in total. The Morgan fingerprint density at radius 3 is 0.933 bits per heavy atom. The largest absolute Gasteiger partial charge is 1.00 e. The molecule has 0 atom stereocenters. The van der Waals surface area contributed by atoms with E-state index in [4.69, 9.17) is 14.2 Å². The molecule has 75 heavy (non-hydrogen) atoms. The standard InChI is InChI=1S/C65H114N2O7.ClH/c1-7-10-13-16-19-22-25-28-31-34-37-40-43-46-49-53-61(68)66-65(60-74-64(71)56-52-57-67(4,5)6,58-72-62(69)54-50-47-44-41-38-35-32-29-26-23-20-17-14-11-8-2)59-73-63(70)55-51-48-45-42-39-36-33-30-27-24-21-18-15-12-9-3;/h19-24,28-33H,7-18,25-27,34-60H2,1-6H3;1H/b22-19-,23-20-,24-21-,31-28-,32-29-,33-30-;. The second-order valence-corrected chi connectivity index (χ2v) is 21.9. The van der Waals surface area contributed by atoms with Crippen LogP contribution in [0, 0.1) is 0 Å². The van der Waals surface area contributed by atoms with Crippen molar-refractivity contribution in [2.24, 2.45) is 0 Å². The predicted octanol–water partition coefficient (Wildman–Crippen LogP) is 14.4. The highest BCUT2D eigenvalue weighted by Crippen LogP contribution is 2.17. The molecule has 10 heteroatoms. The van der Waals surface area contributed by atoms with Gasteiger partial charge in [0.15, 0.2) is 0 Å². The minimum absolute atomic E-state index is 0. The smallest absolute Gasteiger partial charge is 0.306 e. The molecule has 0 saturated carbocycles. The van der Waals surface area contributed by atoms with E-state index < -0.39 is 11.5 Å². The number of hydrogen-bond donors (Lipinski definition) is 1. The topological polar surface area (TPSA) is 108 Å². The number of nitrogens with one attached hydrogen (secondary N) is 1. The summed E-state index contributed by atoms with van der Waals surface area (Å²) >= 11 is 0. The summed E-state index contributed by atoms with van der Waals surface area (Å²) in [4.78, 5) is 53.3. The third-order valence-electron chi connectivity index (χ3n) is 13.2. The van der Waals surface area contributed by atoms with Crippen molar-refractivity contribution in [2.75, 3.05) is 47.5 Å². The van der Waals surface area contributed by atoms with Crippen LogP contribution in [0.5, 0.6) is 0 Å². The molecule has 0 fully saturated rings. The van der Waals surface area contributed by atoms with Gasteiger partial charge in [-0.2, -0.15) is 0 Å². The first-order chi connectivity index (χ1) is 36.0. The molecule has 0 bridgehead atoms. The molecule has 9 nitrogen and oxygen atoms in total. The van der Waals surface area contributed by atoms with Crippen LogP contribution in [0.1, 0.15) is 265 Å². The summed E-state index contributed by atoms with van der Waals surface area (Å²) in [7, 11) is 6.23. The second-order valence-electron chi connectivity index (χ2n) is 21.9. The van der Waals surface area contributed by atoms with Gasteiger partial charge in [0.05, 0.1) is 34.1 Å². The summed E-state index contributed by atoms with van der Waals surface area (Å²) in [6, 6.07) is 0. The van der Waals surface area contributed by atoms with Gasteiger partial charge in [-0.25, -0.2) is 0 Å². The Balaban J connectivity index is 0. The molecule has 0 rings (SSSR count). The van der Waals surface area contributed by atoms with Crippen LogP contribution in [0.3, 0.4) is 0 Å². The number of esters is 3. The molecule has 0 aromatic heterocycles. The lowest BCUT2D eigenvalue weighted by molar-refractivity contribution is -0.870. The number of halogens is 1. The molecule has 0 aliphatic carbocycles. The maximum atomic E-state index is 13.7. The highest BCUT2D eigenvalue weighted by Gasteiger charge is 2.37. The molecule has 0 heterocycles. The van der Waals surface area contributed by atoms with E-state index in [9.17, 15) is 19.2 Å². The molecule has 0 radical (unpaired) electrons. The van der Waals surface area contributed by atoms with Gasteiger partial charge >= 0.3 is 17.9 Å². The van der Waals surface area contributed by atoms with Gasteiger partial charge in [-0.1, -0.05) is 190 Å². The van der Waals surface area contributed by atoms with Gasteiger partial charge in [-0.3, -0.25) is 19.2 Å². The first kappa shape index (κ1) is 73.6. The fraction of sp³-hybridized carbons (Fsp3) is 0.754. The Morgan fingerprint density at radius 2 is 0.627 bits per heavy atom. The van der Waals surface area contributed by atoms with Crippen molar-refractivity contribution in [3.63, 3.8) is 0 Å². The van der Waals surface area contributed by atoms with Crippen molar-refractivity contribution in [3.8, 4) is 0 Å². The molecule has 0 saturated heterocycles. The Bertz CT molecular complexity index is 1470. The van der Waals surface area contributed by atoms with Crippen molar-refractivity contribution >= 4 is 23.8 Å². The van der Waals surface area contributed by atoms with Crippen LogP contribution in [0.25, 0.3) is 0 Å². The number of quaternary nitrogens is 1. The molecule has 0 aromatic rings. The van der Waals surface area contributed by atoms with Crippen LogP contribution in [0.2, 0.25) is 0 Å². The lowest BCUT2D eigenvalue weighted by Crippen LogP contribution is -3.00. The quantitative estimate of drug-likeness (QED) is 0.0212. The van der Waals surface area contributed by atoms with Gasteiger partial charge in [0.1, 0.15) is 25.4 Å². The highest BCUT2D eigenvalue weighted by molar-refractivity contribution is 5.77. The number of nitrogens with zero attached hydrogens (tertiary/aromatic N) is 1. The summed E-state index contributed by atoms with van der Waals surface area (Å²) < 4.78 is 18.3. The summed E-state index contributed by atoms with van der Waals surface area (Å²) in [5.74, 6) is -1.41. The van der Waals surface area contributed by atoms with Crippen molar-refractivity contribution in [2.45, 2.75) is 270 Å². The van der Waals surface area contributed by atoms with Gasteiger partial charge in [0, 0.05) is 25.7 Å². The van der Waals surface area contributed by atoms with E-state index in [-0.39, 0.29) is 75.8 Å². The minimum atomic E-state index is -1.41. The number of amides is 1. The highest BCUT2D eigenvalue weighted by atomic mass is 35.5. The zero-order valence-electron chi connectivity index (χ0n) is 49.3. The number of hydrogen-bond acceptors (Lipinski definition) is 7. The number of rotatable bonds is 53. The Kier molecular flexibility index (Phi) is 54.3. The predicted molar refractivity (Wildman–Crippen MR) is 314 cm³/mol. The zero-order valence-corrected chi connectivity index (χ0v) is 50.1. The maximum Gasteiger partial charge on any atom is 0.306 e. The molecular formula is C65H115ClN2O7. The SMILES string of the molecule is CCCCC/C=C\C/C=C\CCCCCCCC(=O)NC(COC(=O)CCCCCCC/C=C\C/C=C\CCCCC)(COC(=O)CCCCCCC/C=C\C/C=C\CCCCC)COC(=O)CCC[N+](C)(C)C.[Cl-]. The van der Waals surface area contributed by atoms with Crippen LogP contribution >= 0.6 is 0 Å². The van der Waals surface area contributed by atoms with Crippen LogP contribution in [-0.2, 0) is 33.4 Å². The minimum Gasteiger partial charge on any atom is -1.00 e. The number of carbonyl (C=O) groups excluding carboxylic acids is 4. The summed E-state index contributed by atoms with van der Waals surface area (Å²) in [5, 5.41) is 3.06. The summed E-state index contributed by atoms with van der Waals surface area (Å²) in [5.41, 5.74) is -1.41. The number of unbranched alkanes of at least 4 members (excludes halogenated alkanes) is 24. The van der Waals surface area contributed by atoms with E-state index in [1.807, 2.05) is 0 Å². The molecule has 0 aliphatic rings. The monoisotopic (exact) mass is 1070 g/mol. The maximum absolute atomic E-state index is 13.7. The van der Waals surface area contributed by atoms with Gasteiger partial charge in [0.25, 0.3) is 0 Å². The third kappa shape index (κ3) is 55.1. The zero-order chi connectivity index (χ0) is 54.3. The van der Waals surface area contributed by atoms with Crippen molar-refractivity contribution in [1.29, 1.82) is 0 Å². The van der Waals surface area contributed by atoms with Gasteiger partial charge in [0.2, 0.25) is 5.91 Å². The van der Waals surface area contributed by atoms with Crippen LogP contribution in [0.4, 0.5) is 0 Å². The van der Waals surface area contributed by atoms with Crippen LogP contribution in [-0.4, -0.2) is 81.3 Å². The number of ether oxygens (including phenoxy) is 3. The van der Waals surface area contributed by atoms with E-state index in [1.54, 1.807) is 0 Å². The average molecular weight is 1070 g/mol. The van der Waals surface area contributed by atoms with E-state index in [1.165, 1.54) is 77.0 Å². The average Bonchev–Trinajstić information content (AvgIpc) is 3.37. The first-order valence-corrected chi connectivity index (χ1v) is 30.4.